The molecule has 0 saturated carbocycles. The van der Waals surface area contributed by atoms with E-state index in [1.54, 1.807) is 26.8 Å². The van der Waals surface area contributed by atoms with Gasteiger partial charge < -0.3 is 19.5 Å². The Balaban J connectivity index is 1.96. The lowest BCUT2D eigenvalue weighted by Crippen LogP contribution is -2.17. The number of methoxy groups -OCH3 is 3. The Hall–Kier alpha value is -3.52. The van der Waals surface area contributed by atoms with Gasteiger partial charge in [0.15, 0.2) is 0 Å². The van der Waals surface area contributed by atoms with Gasteiger partial charge in [0.05, 0.1) is 27.0 Å². The molecule has 2 aromatic rings. The maximum Gasteiger partial charge on any atom is 0.243 e. The highest BCUT2D eigenvalue weighted by molar-refractivity contribution is 5.93. The minimum Gasteiger partial charge on any atom is -0.497 e. The number of nitrogens with one attached hydrogen (secondary N) is 2. The Kier molecular flexibility index (Phi) is 10.8. The molecule has 8 heteroatoms. The molecule has 0 heterocycles. The summed E-state index contributed by atoms with van der Waals surface area (Å²) in [5.41, 5.74) is 4.04. The van der Waals surface area contributed by atoms with Gasteiger partial charge in [-0.05, 0) is 48.2 Å². The molecule has 0 bridgehead atoms. The van der Waals surface area contributed by atoms with Crippen LogP contribution in [0.5, 0.6) is 17.2 Å². The van der Waals surface area contributed by atoms with E-state index in [2.05, 4.69) is 5.32 Å². The van der Waals surface area contributed by atoms with E-state index in [1.165, 1.54) is 0 Å². The molecule has 2 rings (SSSR count). The minimum absolute atomic E-state index is 0.0972. The Bertz CT molecular complexity index is 936. The summed E-state index contributed by atoms with van der Waals surface area (Å²) in [5, 5.41) is 11.4. The van der Waals surface area contributed by atoms with Crippen LogP contribution in [0.4, 0.5) is 5.69 Å². The molecule has 2 amide bonds. The molecule has 0 fully saturated rings. The second-order valence-electron chi connectivity index (χ2n) is 7.44. The third kappa shape index (κ3) is 8.86. The van der Waals surface area contributed by atoms with Crippen LogP contribution >= 0.6 is 0 Å². The number of carbonyl (C=O) groups is 2. The van der Waals surface area contributed by atoms with Crippen LogP contribution in [-0.4, -0.2) is 38.4 Å². The van der Waals surface area contributed by atoms with Crippen molar-refractivity contribution >= 4 is 29.7 Å². The second-order valence-corrected chi connectivity index (χ2v) is 7.44. The second kappa shape index (κ2) is 13.8. The zero-order valence-corrected chi connectivity index (χ0v) is 19.3. The van der Waals surface area contributed by atoms with Crippen LogP contribution in [0.2, 0.25) is 0 Å². The van der Waals surface area contributed by atoms with Crippen LogP contribution in [0, 0.1) is 0 Å². The lowest BCUT2D eigenvalue weighted by molar-refractivity contribution is -0.129. The number of rotatable bonds is 13. The first kappa shape index (κ1) is 25.7. The fourth-order valence-corrected chi connectivity index (χ4v) is 3.24. The summed E-state index contributed by atoms with van der Waals surface area (Å²) in [6.07, 6.45) is 7.57. The van der Waals surface area contributed by atoms with Gasteiger partial charge in [0.25, 0.3) is 0 Å². The van der Waals surface area contributed by atoms with Crippen LogP contribution in [0.1, 0.15) is 49.7 Å². The third-order valence-electron chi connectivity index (χ3n) is 5.02. The first-order valence-electron chi connectivity index (χ1n) is 10.8. The number of hydroxylamine groups is 1. The summed E-state index contributed by atoms with van der Waals surface area (Å²) < 4.78 is 16.0. The zero-order valence-electron chi connectivity index (χ0n) is 19.3. The van der Waals surface area contributed by atoms with E-state index in [-0.39, 0.29) is 18.2 Å². The molecule has 0 aromatic heterocycles. The number of anilines is 1. The highest BCUT2D eigenvalue weighted by Gasteiger charge is 2.09. The van der Waals surface area contributed by atoms with Crippen LogP contribution < -0.4 is 25.0 Å². The van der Waals surface area contributed by atoms with E-state index < -0.39 is 0 Å². The highest BCUT2D eigenvalue weighted by Crippen LogP contribution is 2.28. The standard InChI is InChI=1S/C25H32N2O6/c1-31-20-14-19(15-21(17-20)32-2)11-10-18-12-13-23(33-3)22(16-18)26-24(28)8-6-4-5-7-9-25(29)27-30/h10-17,30H,4-9H2,1-3H3,(H,26,28)(H,27,29)/b11-10-. The smallest absolute Gasteiger partial charge is 0.243 e. The van der Waals surface area contributed by atoms with Crippen molar-refractivity contribution in [3.8, 4) is 17.2 Å². The van der Waals surface area contributed by atoms with Crippen LogP contribution in [-0.2, 0) is 9.59 Å². The molecule has 178 valence electrons. The zero-order chi connectivity index (χ0) is 24.1. The molecule has 0 radical (unpaired) electrons. The molecular weight excluding hydrogens is 424 g/mol. The quantitative estimate of drug-likeness (QED) is 0.175. The number of hydrogen-bond acceptors (Lipinski definition) is 6. The van der Waals surface area contributed by atoms with Gasteiger partial charge in [-0.1, -0.05) is 31.1 Å². The van der Waals surface area contributed by atoms with Crippen molar-refractivity contribution in [2.45, 2.75) is 38.5 Å². The number of unbranched alkanes of at least 4 members (excludes halogenated alkanes) is 3. The monoisotopic (exact) mass is 456 g/mol. The van der Waals surface area contributed by atoms with Gasteiger partial charge in [-0.2, -0.15) is 0 Å². The molecule has 2 aromatic carbocycles. The van der Waals surface area contributed by atoms with Crippen molar-refractivity contribution in [1.82, 2.24) is 5.48 Å². The molecular formula is C25H32N2O6. The summed E-state index contributed by atoms with van der Waals surface area (Å²) in [7, 11) is 4.78. The average molecular weight is 457 g/mol. The van der Waals surface area contributed by atoms with Crippen molar-refractivity contribution < 1.29 is 29.0 Å². The predicted octanol–water partition coefficient (Wildman–Crippen LogP) is 4.67. The molecule has 0 aliphatic carbocycles. The van der Waals surface area contributed by atoms with Crippen LogP contribution in [0.3, 0.4) is 0 Å². The summed E-state index contributed by atoms with van der Waals surface area (Å²) in [6, 6.07) is 11.2. The van der Waals surface area contributed by atoms with Gasteiger partial charge in [0.1, 0.15) is 17.2 Å². The number of carbonyl (C=O) groups excluding carboxylic acids is 2. The van der Waals surface area contributed by atoms with E-state index in [0.717, 1.165) is 24.0 Å². The predicted molar refractivity (Wildman–Crippen MR) is 128 cm³/mol. The molecule has 0 spiro atoms. The van der Waals surface area contributed by atoms with Crippen molar-refractivity contribution in [2.24, 2.45) is 0 Å². The summed E-state index contributed by atoms with van der Waals surface area (Å²) in [5.74, 6) is 1.50. The first-order valence-corrected chi connectivity index (χ1v) is 10.8. The van der Waals surface area contributed by atoms with Crippen molar-refractivity contribution in [1.29, 1.82) is 0 Å². The largest absolute Gasteiger partial charge is 0.497 e. The van der Waals surface area contributed by atoms with Gasteiger partial charge in [0.2, 0.25) is 11.8 Å². The summed E-state index contributed by atoms with van der Waals surface area (Å²) >= 11 is 0. The Labute approximate surface area is 194 Å². The molecule has 0 aliphatic heterocycles. The number of ether oxygens (including phenoxy) is 3. The summed E-state index contributed by atoms with van der Waals surface area (Å²) in [4.78, 5) is 23.4. The van der Waals surface area contributed by atoms with Crippen molar-refractivity contribution in [2.75, 3.05) is 26.6 Å². The maximum atomic E-state index is 12.4. The average Bonchev–Trinajstić information content (AvgIpc) is 2.84. The fourth-order valence-electron chi connectivity index (χ4n) is 3.24. The number of benzene rings is 2. The van der Waals surface area contributed by atoms with E-state index in [9.17, 15) is 9.59 Å². The van der Waals surface area contributed by atoms with Gasteiger partial charge in [0, 0.05) is 18.9 Å². The Morgan fingerprint density at radius 2 is 1.39 bits per heavy atom. The SMILES string of the molecule is COc1cc(/C=C\c2ccc(OC)c(NC(=O)CCCCCCC(=O)NO)c2)cc(OC)c1. The Morgan fingerprint density at radius 1 is 0.788 bits per heavy atom. The summed E-state index contributed by atoms with van der Waals surface area (Å²) in [6.45, 7) is 0. The van der Waals surface area contributed by atoms with Gasteiger partial charge in [-0.3, -0.25) is 14.8 Å². The molecule has 0 atom stereocenters. The van der Waals surface area contributed by atoms with E-state index in [1.807, 2.05) is 48.6 Å². The molecule has 0 unspecified atom stereocenters. The molecule has 33 heavy (non-hydrogen) atoms. The number of amides is 2. The Morgan fingerprint density at radius 3 is 1.97 bits per heavy atom. The van der Waals surface area contributed by atoms with E-state index in [4.69, 9.17) is 19.4 Å². The third-order valence-corrected chi connectivity index (χ3v) is 5.02. The van der Waals surface area contributed by atoms with Crippen LogP contribution in [0.25, 0.3) is 12.2 Å². The van der Waals surface area contributed by atoms with E-state index in [0.29, 0.717) is 42.2 Å². The maximum absolute atomic E-state index is 12.4. The van der Waals surface area contributed by atoms with Crippen molar-refractivity contribution in [3.05, 3.63) is 47.5 Å². The van der Waals surface area contributed by atoms with Crippen molar-refractivity contribution in [3.63, 3.8) is 0 Å². The van der Waals surface area contributed by atoms with Gasteiger partial charge in [-0.25, -0.2) is 5.48 Å². The lowest BCUT2D eigenvalue weighted by Gasteiger charge is -2.11. The molecule has 8 nitrogen and oxygen atoms in total. The number of hydrogen-bond donors (Lipinski definition) is 3. The molecule has 0 saturated heterocycles. The molecule has 0 aliphatic rings. The minimum atomic E-state index is -0.390. The molecule has 3 N–H and O–H groups in total. The van der Waals surface area contributed by atoms with Gasteiger partial charge >= 0.3 is 0 Å². The van der Waals surface area contributed by atoms with Crippen LogP contribution in [0.15, 0.2) is 36.4 Å². The first-order chi connectivity index (χ1) is 16.0. The van der Waals surface area contributed by atoms with Gasteiger partial charge in [-0.15, -0.1) is 0 Å². The lowest BCUT2D eigenvalue weighted by atomic mass is 10.1. The van der Waals surface area contributed by atoms with E-state index >= 15 is 0 Å². The highest BCUT2D eigenvalue weighted by atomic mass is 16.5. The normalized spacial score (nSPS) is 10.7. The topological polar surface area (TPSA) is 106 Å². The fraction of sp³-hybridized carbons (Fsp3) is 0.360.